The first-order valence-electron chi connectivity index (χ1n) is 7.15. The minimum Gasteiger partial charge on any atom is -0.317 e. The standard InChI is InChI=1S/C14H30N2/c1-4-16(11-5-6-13(2)3)12-14-7-9-15-10-8-14/h13-15H,4-12H2,1-3H3. The van der Waals surface area contributed by atoms with Gasteiger partial charge in [0.2, 0.25) is 0 Å². The smallest absolute Gasteiger partial charge is 0.00105 e. The zero-order chi connectivity index (χ0) is 11.8. The van der Waals surface area contributed by atoms with E-state index in [4.69, 9.17) is 0 Å². The molecule has 0 radical (unpaired) electrons. The normalized spacial score (nSPS) is 18.6. The third-order valence-electron chi connectivity index (χ3n) is 3.68. The van der Waals surface area contributed by atoms with Gasteiger partial charge in [0.05, 0.1) is 0 Å². The molecule has 0 unspecified atom stereocenters. The van der Waals surface area contributed by atoms with Gasteiger partial charge in [-0.1, -0.05) is 20.8 Å². The molecule has 2 heteroatoms. The Morgan fingerprint density at radius 3 is 2.50 bits per heavy atom. The first-order chi connectivity index (χ1) is 7.72. The summed E-state index contributed by atoms with van der Waals surface area (Å²) < 4.78 is 0. The Labute approximate surface area is 102 Å². The largest absolute Gasteiger partial charge is 0.317 e. The molecule has 0 atom stereocenters. The second-order valence-electron chi connectivity index (χ2n) is 5.62. The molecular formula is C14H30N2. The summed E-state index contributed by atoms with van der Waals surface area (Å²) in [6.07, 6.45) is 5.50. The predicted octanol–water partition coefficient (Wildman–Crippen LogP) is 2.74. The van der Waals surface area contributed by atoms with Gasteiger partial charge in [-0.05, 0) is 63.7 Å². The highest BCUT2D eigenvalue weighted by Crippen LogP contribution is 2.14. The fourth-order valence-electron chi connectivity index (χ4n) is 2.53. The van der Waals surface area contributed by atoms with E-state index in [0.717, 1.165) is 11.8 Å². The van der Waals surface area contributed by atoms with E-state index in [9.17, 15) is 0 Å². The molecule has 1 N–H and O–H groups in total. The van der Waals surface area contributed by atoms with Crippen LogP contribution in [-0.2, 0) is 0 Å². The van der Waals surface area contributed by atoms with Crippen molar-refractivity contribution in [3.8, 4) is 0 Å². The molecule has 2 nitrogen and oxygen atoms in total. The van der Waals surface area contributed by atoms with E-state index in [-0.39, 0.29) is 0 Å². The first kappa shape index (κ1) is 14.0. The molecule has 0 aromatic rings. The summed E-state index contributed by atoms with van der Waals surface area (Å²) in [5, 5.41) is 3.45. The molecule has 1 heterocycles. The molecule has 0 aromatic carbocycles. The minimum atomic E-state index is 0.859. The van der Waals surface area contributed by atoms with E-state index in [1.165, 1.54) is 58.4 Å². The van der Waals surface area contributed by atoms with Crippen molar-refractivity contribution in [2.75, 3.05) is 32.7 Å². The molecule has 1 fully saturated rings. The van der Waals surface area contributed by atoms with Gasteiger partial charge in [-0.3, -0.25) is 0 Å². The summed E-state index contributed by atoms with van der Waals surface area (Å²) >= 11 is 0. The quantitative estimate of drug-likeness (QED) is 0.718. The van der Waals surface area contributed by atoms with Crippen molar-refractivity contribution in [2.24, 2.45) is 11.8 Å². The number of rotatable bonds is 7. The molecular weight excluding hydrogens is 196 g/mol. The van der Waals surface area contributed by atoms with Gasteiger partial charge < -0.3 is 10.2 Å². The van der Waals surface area contributed by atoms with Crippen LogP contribution in [0, 0.1) is 11.8 Å². The Balaban J connectivity index is 2.14. The van der Waals surface area contributed by atoms with Crippen molar-refractivity contribution < 1.29 is 0 Å². The molecule has 0 bridgehead atoms. The Hall–Kier alpha value is -0.0800. The van der Waals surface area contributed by atoms with Crippen LogP contribution in [0.3, 0.4) is 0 Å². The van der Waals surface area contributed by atoms with Crippen LogP contribution in [0.5, 0.6) is 0 Å². The highest BCUT2D eigenvalue weighted by Gasteiger charge is 2.15. The zero-order valence-electron chi connectivity index (χ0n) is 11.5. The summed E-state index contributed by atoms with van der Waals surface area (Å²) in [5.74, 6) is 1.80. The fraction of sp³-hybridized carbons (Fsp3) is 1.00. The van der Waals surface area contributed by atoms with Crippen molar-refractivity contribution in [1.29, 1.82) is 0 Å². The third-order valence-corrected chi connectivity index (χ3v) is 3.68. The van der Waals surface area contributed by atoms with Gasteiger partial charge in [0.15, 0.2) is 0 Å². The van der Waals surface area contributed by atoms with Crippen molar-refractivity contribution in [2.45, 2.75) is 46.5 Å². The van der Waals surface area contributed by atoms with Crippen molar-refractivity contribution in [1.82, 2.24) is 10.2 Å². The van der Waals surface area contributed by atoms with E-state index in [0.29, 0.717) is 0 Å². The predicted molar refractivity (Wildman–Crippen MR) is 71.8 cm³/mol. The molecule has 1 aliphatic heterocycles. The number of hydrogen-bond acceptors (Lipinski definition) is 2. The first-order valence-corrected chi connectivity index (χ1v) is 7.15. The second-order valence-corrected chi connectivity index (χ2v) is 5.62. The van der Waals surface area contributed by atoms with Gasteiger partial charge in [0, 0.05) is 6.54 Å². The van der Waals surface area contributed by atoms with E-state index in [1.807, 2.05) is 0 Å². The minimum absolute atomic E-state index is 0.859. The van der Waals surface area contributed by atoms with Crippen LogP contribution in [0.1, 0.15) is 46.5 Å². The Morgan fingerprint density at radius 2 is 1.94 bits per heavy atom. The topological polar surface area (TPSA) is 15.3 Å². The maximum atomic E-state index is 3.45. The van der Waals surface area contributed by atoms with Crippen LogP contribution in [0.25, 0.3) is 0 Å². The third kappa shape index (κ3) is 5.86. The lowest BCUT2D eigenvalue weighted by molar-refractivity contribution is 0.208. The molecule has 16 heavy (non-hydrogen) atoms. The average molecular weight is 226 g/mol. The highest BCUT2D eigenvalue weighted by molar-refractivity contribution is 4.72. The number of piperidine rings is 1. The monoisotopic (exact) mass is 226 g/mol. The molecule has 1 rings (SSSR count). The van der Waals surface area contributed by atoms with Crippen LogP contribution in [-0.4, -0.2) is 37.6 Å². The maximum absolute atomic E-state index is 3.45. The van der Waals surface area contributed by atoms with E-state index in [2.05, 4.69) is 31.0 Å². The van der Waals surface area contributed by atoms with E-state index >= 15 is 0 Å². The fourth-order valence-corrected chi connectivity index (χ4v) is 2.53. The lowest BCUT2D eigenvalue weighted by Gasteiger charge is -2.29. The van der Waals surface area contributed by atoms with Crippen molar-refractivity contribution >= 4 is 0 Å². The van der Waals surface area contributed by atoms with Gasteiger partial charge in [0.1, 0.15) is 0 Å². The number of nitrogens with one attached hydrogen (secondary N) is 1. The summed E-state index contributed by atoms with van der Waals surface area (Å²) in [6.45, 7) is 13.3. The lowest BCUT2D eigenvalue weighted by atomic mass is 9.97. The Kier molecular flexibility index (Phi) is 7.06. The second kappa shape index (κ2) is 8.08. The molecule has 96 valence electrons. The van der Waals surface area contributed by atoms with Crippen LogP contribution >= 0.6 is 0 Å². The number of hydrogen-bond donors (Lipinski definition) is 1. The molecule has 0 amide bonds. The van der Waals surface area contributed by atoms with Crippen LogP contribution in [0.15, 0.2) is 0 Å². The summed E-state index contributed by atoms with van der Waals surface area (Å²) in [4.78, 5) is 2.65. The molecule has 0 saturated carbocycles. The molecule has 0 aliphatic carbocycles. The van der Waals surface area contributed by atoms with Gasteiger partial charge >= 0.3 is 0 Å². The highest BCUT2D eigenvalue weighted by atomic mass is 15.1. The lowest BCUT2D eigenvalue weighted by Crippen LogP contribution is -2.36. The van der Waals surface area contributed by atoms with Gasteiger partial charge in [-0.15, -0.1) is 0 Å². The van der Waals surface area contributed by atoms with Crippen molar-refractivity contribution in [3.05, 3.63) is 0 Å². The zero-order valence-corrected chi connectivity index (χ0v) is 11.5. The number of nitrogens with zero attached hydrogens (tertiary/aromatic N) is 1. The van der Waals surface area contributed by atoms with Gasteiger partial charge in [-0.25, -0.2) is 0 Å². The van der Waals surface area contributed by atoms with Gasteiger partial charge in [0.25, 0.3) is 0 Å². The van der Waals surface area contributed by atoms with Gasteiger partial charge in [-0.2, -0.15) is 0 Å². The average Bonchev–Trinajstić information content (AvgIpc) is 2.28. The molecule has 0 spiro atoms. The molecule has 0 aromatic heterocycles. The molecule has 1 aliphatic rings. The summed E-state index contributed by atoms with van der Waals surface area (Å²) in [6, 6.07) is 0. The maximum Gasteiger partial charge on any atom is 0.00105 e. The van der Waals surface area contributed by atoms with Crippen LogP contribution in [0.2, 0.25) is 0 Å². The Morgan fingerprint density at radius 1 is 1.25 bits per heavy atom. The summed E-state index contributed by atoms with van der Waals surface area (Å²) in [7, 11) is 0. The van der Waals surface area contributed by atoms with E-state index in [1.54, 1.807) is 0 Å². The van der Waals surface area contributed by atoms with Crippen LogP contribution in [0.4, 0.5) is 0 Å². The van der Waals surface area contributed by atoms with Crippen LogP contribution < -0.4 is 5.32 Å². The van der Waals surface area contributed by atoms with Crippen molar-refractivity contribution in [3.63, 3.8) is 0 Å². The Bertz CT molecular complexity index is 162. The SMILES string of the molecule is CCN(CCCC(C)C)CC1CCNCC1. The summed E-state index contributed by atoms with van der Waals surface area (Å²) in [5.41, 5.74) is 0. The molecule has 1 saturated heterocycles. The van der Waals surface area contributed by atoms with E-state index < -0.39 is 0 Å².